The molecule has 2 saturated carbocycles. The number of nitrogens with one attached hydrogen (secondary N) is 2. The van der Waals surface area contributed by atoms with Crippen LogP contribution in [0.3, 0.4) is 0 Å². The van der Waals surface area contributed by atoms with Gasteiger partial charge in [0.1, 0.15) is 5.52 Å². The van der Waals surface area contributed by atoms with Crippen molar-refractivity contribution in [2.45, 2.75) is 63.0 Å². The van der Waals surface area contributed by atoms with Crippen LogP contribution in [0.15, 0.2) is 18.3 Å². The van der Waals surface area contributed by atoms with Crippen LogP contribution in [0, 0.1) is 17.2 Å². The van der Waals surface area contributed by atoms with Gasteiger partial charge in [-0.1, -0.05) is 23.2 Å². The van der Waals surface area contributed by atoms with Crippen LogP contribution >= 0.6 is 23.2 Å². The van der Waals surface area contributed by atoms with Gasteiger partial charge in [0.05, 0.1) is 33.6 Å². The first-order valence-corrected chi connectivity index (χ1v) is 12.7. The maximum Gasteiger partial charge on any atom is 0.250 e. The predicted molar refractivity (Wildman–Crippen MR) is 136 cm³/mol. The minimum atomic E-state index is -2.70. The van der Waals surface area contributed by atoms with E-state index in [1.165, 1.54) is 18.3 Å². The van der Waals surface area contributed by atoms with E-state index in [1.54, 1.807) is 0 Å². The number of hydrogen-bond acceptors (Lipinski definition) is 7. The highest BCUT2D eigenvalue weighted by Gasteiger charge is 2.39. The lowest BCUT2D eigenvalue weighted by Gasteiger charge is -2.29. The maximum atomic E-state index is 13.7. The zero-order chi connectivity index (χ0) is 26.3. The summed E-state index contributed by atoms with van der Waals surface area (Å²) in [5, 5.41) is 15.9. The summed E-state index contributed by atoms with van der Waals surface area (Å²) in [6.07, 6.45) is 3.97. The molecule has 194 valence electrons. The normalized spacial score (nSPS) is 23.1. The zero-order valence-electron chi connectivity index (χ0n) is 19.6. The van der Waals surface area contributed by atoms with Gasteiger partial charge in [0.15, 0.2) is 5.65 Å². The number of carbonyl (C=O) groups is 1. The number of nitriles is 1. The number of aromatic nitrogens is 4. The number of nitrogens with zero attached hydrogens (tertiary/aromatic N) is 5. The molecule has 0 saturated heterocycles. The van der Waals surface area contributed by atoms with Gasteiger partial charge in [0, 0.05) is 30.8 Å². The molecule has 0 unspecified atom stereocenters. The fraction of sp³-hybridized carbons (Fsp3) is 0.458. The van der Waals surface area contributed by atoms with Crippen LogP contribution in [0.1, 0.15) is 56.6 Å². The molecule has 1 aromatic carbocycles. The van der Waals surface area contributed by atoms with Crippen LogP contribution < -0.4 is 16.4 Å². The third-order valence-electron chi connectivity index (χ3n) is 7.04. The Balaban J connectivity index is 1.52. The van der Waals surface area contributed by atoms with Crippen molar-refractivity contribution in [1.29, 1.82) is 5.26 Å². The molecule has 0 radical (unpaired) electrons. The lowest BCUT2D eigenvalue weighted by molar-refractivity contribution is -0.122. The van der Waals surface area contributed by atoms with Gasteiger partial charge in [0.2, 0.25) is 23.7 Å². The third-order valence-corrected chi connectivity index (χ3v) is 7.64. The minimum absolute atomic E-state index is 0.0717. The van der Waals surface area contributed by atoms with Crippen LogP contribution in [-0.4, -0.2) is 37.4 Å². The molecule has 1 atom stereocenters. The van der Waals surface area contributed by atoms with Crippen LogP contribution in [-0.2, 0) is 4.79 Å². The van der Waals surface area contributed by atoms with Crippen molar-refractivity contribution in [2.24, 2.45) is 11.7 Å². The highest BCUT2D eigenvalue weighted by Crippen LogP contribution is 2.40. The quantitative estimate of drug-likeness (QED) is 0.366. The maximum absolute atomic E-state index is 13.7. The first-order chi connectivity index (χ1) is 17.6. The molecule has 0 spiro atoms. The highest BCUT2D eigenvalue weighted by molar-refractivity contribution is 6.39. The molecule has 0 bridgehead atoms. The number of nitrogens with two attached hydrogens (primary N) is 1. The topological polar surface area (TPSA) is 135 Å². The molecule has 2 aliphatic rings. The van der Waals surface area contributed by atoms with E-state index >= 15 is 0 Å². The summed E-state index contributed by atoms with van der Waals surface area (Å²) in [5.74, 6) is -2.56. The number of anilines is 3. The van der Waals surface area contributed by atoms with E-state index in [0.717, 1.165) is 0 Å². The number of benzene rings is 1. The van der Waals surface area contributed by atoms with Gasteiger partial charge in [-0.05, 0) is 44.2 Å². The first-order valence-electron chi connectivity index (χ1n) is 12.0. The minimum Gasteiger partial charge on any atom is -0.369 e. The van der Waals surface area contributed by atoms with E-state index in [0.29, 0.717) is 60.5 Å². The molecule has 2 aliphatic carbocycles. The summed E-state index contributed by atoms with van der Waals surface area (Å²) in [6, 6.07) is 4.51. The van der Waals surface area contributed by atoms with Gasteiger partial charge in [-0.25, -0.2) is 18.7 Å². The third kappa shape index (κ3) is 5.26. The standard InChI is InChI=1S/C24H24Cl2F2N8O/c25-16-7-12(10-29)8-17(26)19(16)34-23-33-18-11-31-22(32-14-5-6-24(27,28)9-14)35-21(18)36(23)15-3-1-13(2-4-15)20(30)37/h7-8,11,13-15H,1-6,9H2,(H2,30,37)(H,33,34)(H,31,32,35)/t13?,14-,15?/m0/s1. The fourth-order valence-electron chi connectivity index (χ4n) is 5.14. The molecule has 9 nitrogen and oxygen atoms in total. The Kier molecular flexibility index (Phi) is 6.81. The molecule has 4 N–H and O–H groups in total. The van der Waals surface area contributed by atoms with E-state index < -0.39 is 12.0 Å². The summed E-state index contributed by atoms with van der Waals surface area (Å²) in [4.78, 5) is 25.3. The zero-order valence-corrected chi connectivity index (χ0v) is 21.2. The number of primary amides is 1. The molecular formula is C24H24Cl2F2N8O. The van der Waals surface area contributed by atoms with Crippen molar-refractivity contribution in [3.63, 3.8) is 0 Å². The monoisotopic (exact) mass is 548 g/mol. The summed E-state index contributed by atoms with van der Waals surface area (Å²) < 4.78 is 29.3. The average Bonchev–Trinajstić information content (AvgIpc) is 3.39. The smallest absolute Gasteiger partial charge is 0.250 e. The van der Waals surface area contributed by atoms with E-state index in [2.05, 4.69) is 25.6 Å². The van der Waals surface area contributed by atoms with Gasteiger partial charge >= 0.3 is 0 Å². The van der Waals surface area contributed by atoms with Crippen molar-refractivity contribution >= 4 is 57.9 Å². The van der Waals surface area contributed by atoms with Gasteiger partial charge in [-0.15, -0.1) is 0 Å². The van der Waals surface area contributed by atoms with Gasteiger partial charge in [-0.3, -0.25) is 9.36 Å². The van der Waals surface area contributed by atoms with E-state index in [-0.39, 0.29) is 46.7 Å². The first kappa shape index (κ1) is 25.4. The Labute approximate surface area is 221 Å². The van der Waals surface area contributed by atoms with Gasteiger partial charge in [0.25, 0.3) is 0 Å². The number of imidazole rings is 1. The Morgan fingerprint density at radius 2 is 1.86 bits per heavy atom. The lowest BCUT2D eigenvalue weighted by atomic mass is 9.85. The Morgan fingerprint density at radius 1 is 1.16 bits per heavy atom. The van der Waals surface area contributed by atoms with E-state index in [1.807, 2.05) is 10.6 Å². The number of rotatable bonds is 6. The second-order valence-electron chi connectivity index (χ2n) is 9.61. The molecule has 13 heteroatoms. The summed E-state index contributed by atoms with van der Waals surface area (Å²) in [6.45, 7) is 0. The molecule has 3 aromatic rings. The number of alkyl halides is 2. The number of carbonyl (C=O) groups excluding carboxylic acids is 1. The van der Waals surface area contributed by atoms with Crippen LogP contribution in [0.25, 0.3) is 11.2 Å². The van der Waals surface area contributed by atoms with Crippen LogP contribution in [0.5, 0.6) is 0 Å². The molecule has 2 fully saturated rings. The van der Waals surface area contributed by atoms with Crippen molar-refractivity contribution in [3.8, 4) is 6.07 Å². The molecule has 1 amide bonds. The second kappa shape index (κ2) is 9.91. The largest absolute Gasteiger partial charge is 0.369 e. The van der Waals surface area contributed by atoms with Crippen LogP contribution in [0.4, 0.5) is 26.4 Å². The summed E-state index contributed by atoms with van der Waals surface area (Å²) >= 11 is 12.8. The fourth-order valence-corrected chi connectivity index (χ4v) is 5.72. The predicted octanol–water partition coefficient (Wildman–Crippen LogP) is 5.56. The van der Waals surface area contributed by atoms with Gasteiger partial charge < -0.3 is 16.4 Å². The van der Waals surface area contributed by atoms with Crippen molar-refractivity contribution in [3.05, 3.63) is 33.9 Å². The lowest BCUT2D eigenvalue weighted by Crippen LogP contribution is -2.29. The van der Waals surface area contributed by atoms with Crippen molar-refractivity contribution in [1.82, 2.24) is 19.5 Å². The molecule has 0 aliphatic heterocycles. The summed E-state index contributed by atoms with van der Waals surface area (Å²) in [5.41, 5.74) is 7.22. The average molecular weight is 549 g/mol. The van der Waals surface area contributed by atoms with Gasteiger partial charge in [-0.2, -0.15) is 10.2 Å². The van der Waals surface area contributed by atoms with E-state index in [4.69, 9.17) is 28.9 Å². The Morgan fingerprint density at radius 3 is 2.46 bits per heavy atom. The second-order valence-corrected chi connectivity index (χ2v) is 10.4. The number of fused-ring (bicyclic) bond motifs is 1. The van der Waals surface area contributed by atoms with Crippen molar-refractivity contribution < 1.29 is 13.6 Å². The number of amides is 1. The molecular weight excluding hydrogens is 525 g/mol. The molecule has 2 aromatic heterocycles. The molecule has 5 rings (SSSR count). The highest BCUT2D eigenvalue weighted by atomic mass is 35.5. The molecule has 37 heavy (non-hydrogen) atoms. The Bertz CT molecular complexity index is 1370. The Hall–Kier alpha value is -3.23. The van der Waals surface area contributed by atoms with Crippen LogP contribution in [0.2, 0.25) is 10.0 Å². The number of hydrogen-bond donors (Lipinski definition) is 3. The SMILES string of the molecule is N#Cc1cc(Cl)c(Nc2nc3cnc(N[C@H]4CCC(F)(F)C4)nc3n2C2CCC(C(N)=O)CC2)c(Cl)c1. The molecule has 2 heterocycles. The summed E-state index contributed by atoms with van der Waals surface area (Å²) in [7, 11) is 0. The van der Waals surface area contributed by atoms with Crippen molar-refractivity contribution in [2.75, 3.05) is 10.6 Å². The van der Waals surface area contributed by atoms with E-state index in [9.17, 15) is 18.8 Å². The number of halogens is 4.